The minimum atomic E-state index is -0.249. The zero-order chi connectivity index (χ0) is 23.8. The summed E-state index contributed by atoms with van der Waals surface area (Å²) >= 11 is 1.55. The van der Waals surface area contributed by atoms with Gasteiger partial charge in [-0.25, -0.2) is 9.37 Å². The maximum absolute atomic E-state index is 13.9. The molecule has 5 nitrogen and oxygen atoms in total. The molecule has 0 radical (unpaired) electrons. The van der Waals surface area contributed by atoms with Crippen LogP contribution in [0.1, 0.15) is 34.5 Å². The lowest BCUT2D eigenvalue weighted by molar-refractivity contribution is 0.0745. The first kappa shape index (κ1) is 22.6. The molecule has 2 aromatic carbocycles. The van der Waals surface area contributed by atoms with Crippen LogP contribution in [-0.2, 0) is 6.42 Å². The Bertz CT molecular complexity index is 1340. The van der Waals surface area contributed by atoms with Crippen LogP contribution in [0.25, 0.3) is 21.3 Å². The second-order valence-electron chi connectivity index (χ2n) is 9.39. The summed E-state index contributed by atoms with van der Waals surface area (Å²) in [4.78, 5) is 26.7. The number of fused-ring (bicyclic) bond motifs is 1. The maximum Gasteiger partial charge on any atom is 0.274 e. The van der Waals surface area contributed by atoms with Crippen LogP contribution in [0.15, 0.2) is 48.7 Å². The van der Waals surface area contributed by atoms with Crippen LogP contribution in [0.4, 0.5) is 9.52 Å². The molecule has 4 aromatic rings. The lowest BCUT2D eigenvalue weighted by Crippen LogP contribution is -2.35. The molecule has 1 N–H and O–H groups in total. The highest BCUT2D eigenvalue weighted by Gasteiger charge is 2.30. The van der Waals surface area contributed by atoms with Crippen LogP contribution in [-0.4, -0.2) is 48.0 Å². The molecule has 1 aliphatic rings. The Morgan fingerprint density at radius 3 is 2.76 bits per heavy atom. The molecule has 0 unspecified atom stereocenters. The van der Waals surface area contributed by atoms with Crippen molar-refractivity contribution in [3.63, 3.8) is 0 Å². The number of aryl methyl sites for hydroxylation is 1. The molecule has 0 atom stereocenters. The number of carbonyl (C=O) groups is 1. The average molecular weight is 477 g/mol. The molecule has 0 aliphatic heterocycles. The van der Waals surface area contributed by atoms with E-state index in [1.165, 1.54) is 6.07 Å². The SMILES string of the molecule is Cc1cccc(-c2sc(N(C)C)nc2C(=O)N(CCc2c[nH]c3ccc(F)cc23)CC2CC2)c1. The monoisotopic (exact) mass is 476 g/mol. The minimum Gasteiger partial charge on any atom is -0.361 e. The Morgan fingerprint density at radius 2 is 2.03 bits per heavy atom. The van der Waals surface area contributed by atoms with E-state index in [9.17, 15) is 9.18 Å². The average Bonchev–Trinajstić information content (AvgIpc) is 3.37. The number of carbonyl (C=O) groups excluding carboxylic acids is 1. The molecule has 1 aliphatic carbocycles. The van der Waals surface area contributed by atoms with Gasteiger partial charge in [0, 0.05) is 44.3 Å². The highest BCUT2D eigenvalue weighted by molar-refractivity contribution is 7.19. The summed E-state index contributed by atoms with van der Waals surface area (Å²) in [6.45, 7) is 3.36. The largest absolute Gasteiger partial charge is 0.361 e. The molecule has 7 heteroatoms. The fraction of sp³-hybridized carbons (Fsp3) is 0.333. The standard InChI is InChI=1S/C27H29FN4OS/c1-17-5-4-6-19(13-17)25-24(30-27(34-25)31(2)3)26(33)32(16-18-7-8-18)12-11-20-15-29-23-10-9-21(28)14-22(20)23/h4-6,9-10,13-15,18,29H,7-8,11-12,16H2,1-3H3. The van der Waals surface area contributed by atoms with Gasteiger partial charge in [0.2, 0.25) is 0 Å². The van der Waals surface area contributed by atoms with Gasteiger partial charge in [-0.2, -0.15) is 0 Å². The van der Waals surface area contributed by atoms with Gasteiger partial charge < -0.3 is 14.8 Å². The Balaban J connectivity index is 1.45. The fourth-order valence-electron chi connectivity index (χ4n) is 4.28. The molecule has 1 amide bonds. The van der Waals surface area contributed by atoms with Crippen LogP contribution < -0.4 is 4.90 Å². The van der Waals surface area contributed by atoms with Crippen molar-refractivity contribution in [3.8, 4) is 10.4 Å². The number of amides is 1. The van der Waals surface area contributed by atoms with Crippen LogP contribution in [0.5, 0.6) is 0 Å². The van der Waals surface area contributed by atoms with Gasteiger partial charge in [-0.15, -0.1) is 0 Å². The number of thiazole rings is 1. The highest BCUT2D eigenvalue weighted by Crippen LogP contribution is 2.36. The molecule has 5 rings (SSSR count). The number of H-pyrrole nitrogens is 1. The predicted molar refractivity (Wildman–Crippen MR) is 137 cm³/mol. The van der Waals surface area contributed by atoms with Gasteiger partial charge in [0.05, 0.1) is 4.88 Å². The zero-order valence-corrected chi connectivity index (χ0v) is 20.6. The second-order valence-corrected chi connectivity index (χ2v) is 10.4. The minimum absolute atomic E-state index is 0.0289. The molecule has 2 heterocycles. The summed E-state index contributed by atoms with van der Waals surface area (Å²) in [6.07, 6.45) is 4.90. The third-order valence-corrected chi connectivity index (χ3v) is 7.60. The molecule has 0 saturated heterocycles. The van der Waals surface area contributed by atoms with E-state index in [0.29, 0.717) is 24.6 Å². The smallest absolute Gasteiger partial charge is 0.274 e. The van der Waals surface area contributed by atoms with Crippen molar-refractivity contribution in [2.75, 3.05) is 32.1 Å². The number of hydrogen-bond donors (Lipinski definition) is 1. The Hall–Kier alpha value is -3.19. The van der Waals surface area contributed by atoms with E-state index in [4.69, 9.17) is 4.98 Å². The summed E-state index contributed by atoms with van der Waals surface area (Å²) < 4.78 is 13.8. The fourth-order valence-corrected chi connectivity index (χ4v) is 5.25. The molecular formula is C27H29FN4OS. The van der Waals surface area contributed by atoms with E-state index in [0.717, 1.165) is 57.0 Å². The first-order valence-corrected chi connectivity index (χ1v) is 12.5. The van der Waals surface area contributed by atoms with E-state index in [1.807, 2.05) is 42.2 Å². The molecule has 34 heavy (non-hydrogen) atoms. The molecule has 0 bridgehead atoms. The highest BCUT2D eigenvalue weighted by atomic mass is 32.1. The molecule has 1 saturated carbocycles. The number of nitrogens with one attached hydrogen (secondary N) is 1. The Kier molecular flexibility index (Phi) is 6.13. The van der Waals surface area contributed by atoms with Gasteiger partial charge in [-0.1, -0.05) is 41.2 Å². The zero-order valence-electron chi connectivity index (χ0n) is 19.8. The van der Waals surface area contributed by atoms with Crippen molar-refractivity contribution in [3.05, 3.63) is 71.3 Å². The summed E-state index contributed by atoms with van der Waals surface area (Å²) in [7, 11) is 3.90. The summed E-state index contributed by atoms with van der Waals surface area (Å²) in [5.41, 5.74) is 4.62. The lowest BCUT2D eigenvalue weighted by Gasteiger charge is -2.22. The van der Waals surface area contributed by atoms with Crippen molar-refractivity contribution < 1.29 is 9.18 Å². The van der Waals surface area contributed by atoms with E-state index in [2.05, 4.69) is 24.0 Å². The number of aromatic nitrogens is 2. The van der Waals surface area contributed by atoms with Gasteiger partial charge in [-0.05, 0) is 61.4 Å². The molecule has 1 fully saturated rings. The van der Waals surface area contributed by atoms with Crippen LogP contribution in [0, 0.1) is 18.7 Å². The number of halogens is 1. The van der Waals surface area contributed by atoms with Gasteiger partial charge in [0.25, 0.3) is 5.91 Å². The first-order valence-electron chi connectivity index (χ1n) is 11.7. The topological polar surface area (TPSA) is 52.2 Å². The third kappa shape index (κ3) is 4.71. The van der Waals surface area contributed by atoms with E-state index in [1.54, 1.807) is 23.5 Å². The number of hydrogen-bond acceptors (Lipinski definition) is 4. The van der Waals surface area contributed by atoms with Gasteiger partial charge in [-0.3, -0.25) is 4.79 Å². The van der Waals surface area contributed by atoms with Gasteiger partial charge >= 0.3 is 0 Å². The number of rotatable bonds is 8. The molecule has 176 valence electrons. The predicted octanol–water partition coefficient (Wildman–Crippen LogP) is 5.90. The van der Waals surface area contributed by atoms with Crippen molar-refractivity contribution >= 4 is 33.3 Å². The van der Waals surface area contributed by atoms with E-state index in [-0.39, 0.29) is 11.7 Å². The van der Waals surface area contributed by atoms with Crippen molar-refractivity contribution in [2.24, 2.45) is 5.92 Å². The van der Waals surface area contributed by atoms with Gasteiger partial charge in [0.15, 0.2) is 5.13 Å². The Labute approximate surface area is 203 Å². The van der Waals surface area contributed by atoms with Crippen molar-refractivity contribution in [1.29, 1.82) is 0 Å². The lowest BCUT2D eigenvalue weighted by atomic mass is 10.1. The first-order chi connectivity index (χ1) is 16.4. The van der Waals surface area contributed by atoms with E-state index < -0.39 is 0 Å². The number of nitrogens with zero attached hydrogens (tertiary/aromatic N) is 3. The number of anilines is 1. The normalized spacial score (nSPS) is 13.4. The van der Waals surface area contributed by atoms with Gasteiger partial charge in [0.1, 0.15) is 11.5 Å². The quantitative estimate of drug-likeness (QED) is 0.344. The Morgan fingerprint density at radius 1 is 1.21 bits per heavy atom. The molecule has 2 aromatic heterocycles. The summed E-state index contributed by atoms with van der Waals surface area (Å²) in [6, 6.07) is 13.0. The second kappa shape index (κ2) is 9.22. The number of aromatic amines is 1. The van der Waals surface area contributed by atoms with Crippen LogP contribution >= 0.6 is 11.3 Å². The number of benzene rings is 2. The van der Waals surface area contributed by atoms with Crippen LogP contribution in [0.3, 0.4) is 0 Å². The molecular weight excluding hydrogens is 447 g/mol. The van der Waals surface area contributed by atoms with Crippen molar-refractivity contribution in [1.82, 2.24) is 14.9 Å². The maximum atomic E-state index is 13.9. The third-order valence-electron chi connectivity index (χ3n) is 6.32. The van der Waals surface area contributed by atoms with E-state index >= 15 is 0 Å². The molecule has 0 spiro atoms. The van der Waals surface area contributed by atoms with Crippen LogP contribution in [0.2, 0.25) is 0 Å². The summed E-state index contributed by atoms with van der Waals surface area (Å²) in [5.74, 6) is 0.276. The van der Waals surface area contributed by atoms with Crippen molar-refractivity contribution in [2.45, 2.75) is 26.2 Å². The summed E-state index contributed by atoms with van der Waals surface area (Å²) in [5, 5.41) is 1.70.